The molecule has 0 spiro atoms. The zero-order chi connectivity index (χ0) is 16.2. The molecule has 0 aliphatic carbocycles. The molecule has 4 nitrogen and oxygen atoms in total. The van der Waals surface area contributed by atoms with E-state index < -0.39 is 0 Å². The highest BCUT2D eigenvalue weighted by Gasteiger charge is 2.22. The van der Waals surface area contributed by atoms with Crippen LogP contribution in [0, 0.1) is 5.82 Å². The summed E-state index contributed by atoms with van der Waals surface area (Å²) in [6.07, 6.45) is 0.0637. The highest BCUT2D eigenvalue weighted by Crippen LogP contribution is 2.22. The van der Waals surface area contributed by atoms with Crippen molar-refractivity contribution in [3.63, 3.8) is 0 Å². The van der Waals surface area contributed by atoms with Gasteiger partial charge in [-0.2, -0.15) is 0 Å². The molecule has 2 aromatic rings. The van der Waals surface area contributed by atoms with Gasteiger partial charge in [-0.05, 0) is 55.5 Å². The number of benzene rings is 2. The monoisotopic (exact) mass is 315 g/mol. The maximum Gasteiger partial charge on any atom is 0.254 e. The molecule has 1 unspecified atom stereocenters. The molecule has 1 aliphatic heterocycles. The summed E-state index contributed by atoms with van der Waals surface area (Å²) >= 11 is 0. The van der Waals surface area contributed by atoms with Crippen LogP contribution in [0.15, 0.2) is 48.5 Å². The van der Waals surface area contributed by atoms with Gasteiger partial charge in [0.2, 0.25) is 0 Å². The Bertz CT molecular complexity index is 670. The van der Waals surface area contributed by atoms with E-state index in [1.807, 2.05) is 6.92 Å². The quantitative estimate of drug-likeness (QED) is 0.870. The topological polar surface area (TPSA) is 38.8 Å². The minimum atomic E-state index is -0.307. The Morgan fingerprint density at radius 3 is 2.35 bits per heavy atom. The summed E-state index contributed by atoms with van der Waals surface area (Å²) in [5, 5.41) is 0. The third-order valence-electron chi connectivity index (χ3n) is 3.68. The van der Waals surface area contributed by atoms with E-state index in [2.05, 4.69) is 0 Å². The molecular formula is C18H18FNO3. The van der Waals surface area contributed by atoms with Gasteiger partial charge in [0.25, 0.3) is 5.91 Å². The van der Waals surface area contributed by atoms with E-state index in [-0.39, 0.29) is 17.8 Å². The summed E-state index contributed by atoms with van der Waals surface area (Å²) in [7, 11) is 0. The average Bonchev–Trinajstić information content (AvgIpc) is 2.57. The Kier molecular flexibility index (Phi) is 4.57. The second kappa shape index (κ2) is 6.79. The summed E-state index contributed by atoms with van der Waals surface area (Å²) in [6, 6.07) is 12.7. The lowest BCUT2D eigenvalue weighted by molar-refractivity contribution is -0.0124. The normalized spacial score (nSPS) is 17.8. The van der Waals surface area contributed by atoms with Crippen LogP contribution in [0.5, 0.6) is 11.5 Å². The fourth-order valence-electron chi connectivity index (χ4n) is 2.49. The number of carbonyl (C=O) groups is 1. The highest BCUT2D eigenvalue weighted by atomic mass is 19.1. The van der Waals surface area contributed by atoms with Gasteiger partial charge in [0.15, 0.2) is 0 Å². The Labute approximate surface area is 134 Å². The standard InChI is InChI=1S/C18H18FNO3/c1-13-12-20(10-11-22-13)18(21)14-2-6-16(7-3-14)23-17-8-4-15(19)5-9-17/h2-9,13H,10-12H2,1H3. The molecule has 2 aromatic carbocycles. The van der Waals surface area contributed by atoms with E-state index in [4.69, 9.17) is 9.47 Å². The summed E-state index contributed by atoms with van der Waals surface area (Å²) in [4.78, 5) is 14.2. The highest BCUT2D eigenvalue weighted by molar-refractivity contribution is 5.94. The fourth-order valence-corrected chi connectivity index (χ4v) is 2.49. The van der Waals surface area contributed by atoms with Crippen LogP contribution in [-0.2, 0) is 4.74 Å². The molecular weight excluding hydrogens is 297 g/mol. The van der Waals surface area contributed by atoms with Crippen molar-refractivity contribution in [3.05, 3.63) is 59.9 Å². The molecule has 120 valence electrons. The maximum atomic E-state index is 12.9. The number of carbonyl (C=O) groups excluding carboxylic acids is 1. The van der Waals surface area contributed by atoms with Gasteiger partial charge >= 0.3 is 0 Å². The zero-order valence-electron chi connectivity index (χ0n) is 12.9. The van der Waals surface area contributed by atoms with Crippen molar-refractivity contribution in [1.82, 2.24) is 4.90 Å². The van der Waals surface area contributed by atoms with E-state index in [9.17, 15) is 9.18 Å². The van der Waals surface area contributed by atoms with E-state index in [1.165, 1.54) is 12.1 Å². The first-order valence-corrected chi connectivity index (χ1v) is 7.56. The lowest BCUT2D eigenvalue weighted by Gasteiger charge is -2.31. The van der Waals surface area contributed by atoms with Gasteiger partial charge in [0, 0.05) is 18.7 Å². The smallest absolute Gasteiger partial charge is 0.254 e. The van der Waals surface area contributed by atoms with Crippen molar-refractivity contribution in [3.8, 4) is 11.5 Å². The largest absolute Gasteiger partial charge is 0.457 e. The number of hydrogen-bond acceptors (Lipinski definition) is 3. The third kappa shape index (κ3) is 3.87. The first-order valence-electron chi connectivity index (χ1n) is 7.56. The molecule has 5 heteroatoms. The van der Waals surface area contributed by atoms with Crippen LogP contribution in [0.3, 0.4) is 0 Å². The maximum absolute atomic E-state index is 12.9. The molecule has 1 saturated heterocycles. The summed E-state index contributed by atoms with van der Waals surface area (Å²) in [5.41, 5.74) is 0.616. The van der Waals surface area contributed by atoms with Gasteiger partial charge in [-0.15, -0.1) is 0 Å². The van der Waals surface area contributed by atoms with Crippen molar-refractivity contribution < 1.29 is 18.7 Å². The van der Waals surface area contributed by atoms with Crippen molar-refractivity contribution in [2.45, 2.75) is 13.0 Å². The molecule has 0 N–H and O–H groups in total. The first-order chi connectivity index (χ1) is 11.1. The molecule has 0 aromatic heterocycles. The fraction of sp³-hybridized carbons (Fsp3) is 0.278. The van der Waals surface area contributed by atoms with Crippen LogP contribution < -0.4 is 4.74 Å². The predicted octanol–water partition coefficient (Wildman–Crippen LogP) is 3.48. The Morgan fingerprint density at radius 2 is 1.74 bits per heavy atom. The molecule has 1 aliphatic rings. The number of morpholine rings is 1. The van der Waals surface area contributed by atoms with Gasteiger partial charge < -0.3 is 14.4 Å². The number of halogens is 1. The molecule has 1 fully saturated rings. The first kappa shape index (κ1) is 15.5. The predicted molar refractivity (Wildman–Crippen MR) is 84.2 cm³/mol. The second-order valence-electron chi connectivity index (χ2n) is 5.51. The van der Waals surface area contributed by atoms with Crippen LogP contribution >= 0.6 is 0 Å². The summed E-state index contributed by atoms with van der Waals surface area (Å²) in [5.74, 6) is 0.836. The SMILES string of the molecule is CC1CN(C(=O)c2ccc(Oc3ccc(F)cc3)cc2)CCO1. The van der Waals surface area contributed by atoms with E-state index in [0.717, 1.165) is 0 Å². The minimum absolute atomic E-state index is 0.00604. The molecule has 3 rings (SSSR count). The Balaban J connectivity index is 1.66. The van der Waals surface area contributed by atoms with E-state index >= 15 is 0 Å². The van der Waals surface area contributed by atoms with Gasteiger partial charge in [0.1, 0.15) is 17.3 Å². The van der Waals surface area contributed by atoms with Gasteiger partial charge in [-0.1, -0.05) is 0 Å². The summed E-state index contributed by atoms with van der Waals surface area (Å²) < 4.78 is 23.9. The van der Waals surface area contributed by atoms with Crippen LogP contribution in [-0.4, -0.2) is 36.6 Å². The molecule has 23 heavy (non-hydrogen) atoms. The van der Waals surface area contributed by atoms with Crippen LogP contribution in [0.1, 0.15) is 17.3 Å². The second-order valence-corrected chi connectivity index (χ2v) is 5.51. The van der Waals surface area contributed by atoms with E-state index in [0.29, 0.717) is 36.8 Å². The molecule has 1 amide bonds. The molecule has 0 radical (unpaired) electrons. The van der Waals surface area contributed by atoms with Gasteiger partial charge in [0.05, 0.1) is 12.7 Å². The molecule has 0 saturated carbocycles. The van der Waals surface area contributed by atoms with Crippen molar-refractivity contribution in [2.24, 2.45) is 0 Å². The van der Waals surface area contributed by atoms with Gasteiger partial charge in [-0.25, -0.2) is 4.39 Å². The van der Waals surface area contributed by atoms with E-state index in [1.54, 1.807) is 41.3 Å². The average molecular weight is 315 g/mol. The lowest BCUT2D eigenvalue weighted by Crippen LogP contribution is -2.44. The van der Waals surface area contributed by atoms with Crippen LogP contribution in [0.2, 0.25) is 0 Å². The van der Waals surface area contributed by atoms with Gasteiger partial charge in [-0.3, -0.25) is 4.79 Å². The molecule has 1 atom stereocenters. The van der Waals surface area contributed by atoms with Crippen molar-refractivity contribution >= 4 is 5.91 Å². The number of nitrogens with zero attached hydrogens (tertiary/aromatic N) is 1. The molecule has 1 heterocycles. The zero-order valence-corrected chi connectivity index (χ0v) is 12.9. The Morgan fingerprint density at radius 1 is 1.13 bits per heavy atom. The number of amides is 1. The van der Waals surface area contributed by atoms with Crippen molar-refractivity contribution in [2.75, 3.05) is 19.7 Å². The minimum Gasteiger partial charge on any atom is -0.457 e. The van der Waals surface area contributed by atoms with Crippen LogP contribution in [0.25, 0.3) is 0 Å². The number of hydrogen-bond donors (Lipinski definition) is 0. The third-order valence-corrected chi connectivity index (χ3v) is 3.68. The van der Waals surface area contributed by atoms with Crippen molar-refractivity contribution in [1.29, 1.82) is 0 Å². The van der Waals surface area contributed by atoms with Crippen LogP contribution in [0.4, 0.5) is 4.39 Å². The number of ether oxygens (including phenoxy) is 2. The lowest BCUT2D eigenvalue weighted by atomic mass is 10.1. The summed E-state index contributed by atoms with van der Waals surface area (Å²) in [6.45, 7) is 3.74. The Hall–Kier alpha value is -2.40. The number of rotatable bonds is 3. The molecule has 0 bridgehead atoms.